The van der Waals surface area contributed by atoms with Gasteiger partial charge in [-0.1, -0.05) is 0 Å². The quantitative estimate of drug-likeness (QED) is 0.637. The summed E-state index contributed by atoms with van der Waals surface area (Å²) in [5, 5.41) is 0. The van der Waals surface area contributed by atoms with E-state index in [1.807, 2.05) is 0 Å². The van der Waals surface area contributed by atoms with Crippen LogP contribution in [0.15, 0.2) is 0 Å². The van der Waals surface area contributed by atoms with Crippen LogP contribution >= 0.6 is 0 Å². The minimum atomic E-state index is -3.05. The molecule has 1 rings (SSSR count). The first kappa shape index (κ1) is 13.1. The zero-order chi connectivity index (χ0) is 12.3. The van der Waals surface area contributed by atoms with E-state index in [0.29, 0.717) is 6.42 Å². The fourth-order valence-corrected chi connectivity index (χ4v) is 2.23. The molecular weight excluding hydrogens is 232 g/mol. The molecule has 2 N–H and O–H groups in total. The maximum Gasteiger partial charge on any atom is 0.246 e. The molecule has 6 nitrogen and oxygen atoms in total. The highest BCUT2D eigenvalue weighted by atomic mass is 32.2. The first-order valence-corrected chi connectivity index (χ1v) is 7.15. The van der Waals surface area contributed by atoms with Crippen LogP contribution in [0.3, 0.4) is 0 Å². The zero-order valence-corrected chi connectivity index (χ0v) is 10.00. The average molecular weight is 248 g/mol. The molecule has 1 fully saturated rings. The smallest absolute Gasteiger partial charge is 0.246 e. The minimum Gasteiger partial charge on any atom is -0.320 e. The predicted molar refractivity (Wildman–Crippen MR) is 58.3 cm³/mol. The fraction of sp³-hybridized carbons (Fsp3) is 0.778. The third-order valence-electron chi connectivity index (χ3n) is 2.45. The van der Waals surface area contributed by atoms with Crippen molar-refractivity contribution in [3.8, 4) is 0 Å². The molecule has 0 aromatic heterocycles. The summed E-state index contributed by atoms with van der Waals surface area (Å²) in [4.78, 5) is 24.0. The molecule has 16 heavy (non-hydrogen) atoms. The Morgan fingerprint density at radius 1 is 1.44 bits per heavy atom. The van der Waals surface area contributed by atoms with Gasteiger partial charge in [0.15, 0.2) is 0 Å². The number of nitrogens with two attached hydrogens (primary N) is 1. The Balaban J connectivity index is 2.51. The van der Waals surface area contributed by atoms with Gasteiger partial charge in [0.2, 0.25) is 11.8 Å². The van der Waals surface area contributed by atoms with Crippen molar-refractivity contribution < 1.29 is 18.0 Å². The first-order chi connectivity index (χ1) is 7.31. The summed E-state index contributed by atoms with van der Waals surface area (Å²) < 4.78 is 21.8. The number of nitrogens with zero attached hydrogens (tertiary/aromatic N) is 1. The van der Waals surface area contributed by atoms with Crippen LogP contribution in [0.4, 0.5) is 0 Å². The van der Waals surface area contributed by atoms with Gasteiger partial charge in [0.25, 0.3) is 0 Å². The van der Waals surface area contributed by atoms with Gasteiger partial charge in [-0.2, -0.15) is 0 Å². The molecule has 0 bridgehead atoms. The van der Waals surface area contributed by atoms with E-state index in [1.54, 1.807) is 0 Å². The van der Waals surface area contributed by atoms with Gasteiger partial charge in [0.1, 0.15) is 9.84 Å². The van der Waals surface area contributed by atoms with Crippen LogP contribution < -0.4 is 5.73 Å². The number of amides is 2. The van der Waals surface area contributed by atoms with E-state index >= 15 is 0 Å². The fourth-order valence-electron chi connectivity index (χ4n) is 1.58. The summed E-state index contributed by atoms with van der Waals surface area (Å²) in [6.45, 7) is 0.137. The summed E-state index contributed by atoms with van der Waals surface area (Å²) in [5.74, 6) is -0.691. The second-order valence-corrected chi connectivity index (χ2v) is 6.27. The Bertz CT molecular complexity index is 390. The predicted octanol–water partition coefficient (Wildman–Crippen LogP) is -1.10. The zero-order valence-electron chi connectivity index (χ0n) is 9.18. The van der Waals surface area contributed by atoms with Crippen LogP contribution in [0, 0.1) is 0 Å². The van der Waals surface area contributed by atoms with Gasteiger partial charge in [-0.15, -0.1) is 0 Å². The van der Waals surface area contributed by atoms with E-state index in [0.717, 1.165) is 11.2 Å². The molecule has 1 saturated heterocycles. The maximum absolute atomic E-state index is 11.5. The van der Waals surface area contributed by atoms with Crippen molar-refractivity contribution in [3.05, 3.63) is 0 Å². The molecule has 0 aliphatic carbocycles. The molecule has 0 aromatic rings. The lowest BCUT2D eigenvalue weighted by Crippen LogP contribution is -2.51. The number of piperidine rings is 1. The molecule has 92 valence electrons. The molecular formula is C9H16N2O4S. The Kier molecular flexibility index (Phi) is 4.03. The van der Waals surface area contributed by atoms with E-state index in [1.165, 1.54) is 0 Å². The third kappa shape index (κ3) is 3.57. The van der Waals surface area contributed by atoms with Crippen molar-refractivity contribution in [3.63, 3.8) is 0 Å². The number of sulfone groups is 1. The molecule has 0 saturated carbocycles. The minimum absolute atomic E-state index is 0.0285. The van der Waals surface area contributed by atoms with E-state index in [4.69, 9.17) is 5.73 Å². The highest BCUT2D eigenvalue weighted by Gasteiger charge is 2.31. The van der Waals surface area contributed by atoms with E-state index in [9.17, 15) is 18.0 Å². The van der Waals surface area contributed by atoms with Gasteiger partial charge in [0, 0.05) is 19.2 Å². The van der Waals surface area contributed by atoms with Crippen molar-refractivity contribution in [1.82, 2.24) is 4.90 Å². The highest BCUT2D eigenvalue weighted by Crippen LogP contribution is 2.12. The normalized spacial score (nSPS) is 22.6. The van der Waals surface area contributed by atoms with Gasteiger partial charge in [-0.3, -0.25) is 14.5 Å². The third-order valence-corrected chi connectivity index (χ3v) is 3.48. The topological polar surface area (TPSA) is 97.5 Å². The SMILES string of the molecule is CS(=O)(=O)CCCN1C(=O)CCC(N)C1=O. The van der Waals surface area contributed by atoms with Gasteiger partial charge in [0.05, 0.1) is 11.8 Å². The Morgan fingerprint density at radius 2 is 2.06 bits per heavy atom. The molecule has 1 unspecified atom stereocenters. The van der Waals surface area contributed by atoms with E-state index in [-0.39, 0.29) is 31.0 Å². The molecule has 0 spiro atoms. The summed E-state index contributed by atoms with van der Waals surface area (Å²) in [7, 11) is -3.05. The maximum atomic E-state index is 11.5. The number of carbonyl (C=O) groups excluding carboxylic acids is 2. The number of carbonyl (C=O) groups is 2. The summed E-state index contributed by atoms with van der Waals surface area (Å²) in [6, 6.07) is -0.629. The Hall–Kier alpha value is -0.950. The van der Waals surface area contributed by atoms with Crippen molar-refractivity contribution >= 4 is 21.7 Å². The molecule has 0 radical (unpaired) electrons. The van der Waals surface area contributed by atoms with Crippen LogP contribution in [0.2, 0.25) is 0 Å². The van der Waals surface area contributed by atoms with Crippen molar-refractivity contribution in [1.29, 1.82) is 0 Å². The Labute approximate surface area is 94.7 Å². The standard InChI is InChI=1S/C9H16N2O4S/c1-16(14,15)6-2-5-11-8(12)4-3-7(10)9(11)13/h7H,2-6,10H2,1H3. The molecule has 1 aliphatic heterocycles. The molecule has 2 amide bonds. The van der Waals surface area contributed by atoms with Crippen LogP contribution in [0.1, 0.15) is 19.3 Å². The largest absolute Gasteiger partial charge is 0.320 e. The van der Waals surface area contributed by atoms with Crippen molar-refractivity contribution in [2.45, 2.75) is 25.3 Å². The number of hydrogen-bond donors (Lipinski definition) is 1. The molecule has 1 heterocycles. The van der Waals surface area contributed by atoms with Gasteiger partial charge < -0.3 is 5.73 Å². The lowest BCUT2D eigenvalue weighted by molar-refractivity contribution is -0.149. The number of imide groups is 1. The van der Waals surface area contributed by atoms with Gasteiger partial charge >= 0.3 is 0 Å². The first-order valence-electron chi connectivity index (χ1n) is 5.09. The molecule has 7 heteroatoms. The van der Waals surface area contributed by atoms with Crippen molar-refractivity contribution in [2.24, 2.45) is 5.73 Å². The summed E-state index contributed by atoms with van der Waals surface area (Å²) in [5.41, 5.74) is 5.53. The second-order valence-electron chi connectivity index (χ2n) is 4.01. The number of hydrogen-bond acceptors (Lipinski definition) is 5. The van der Waals surface area contributed by atoms with Gasteiger partial charge in [-0.25, -0.2) is 8.42 Å². The lowest BCUT2D eigenvalue weighted by atomic mass is 10.1. The molecule has 0 aromatic carbocycles. The van der Waals surface area contributed by atoms with E-state index < -0.39 is 21.8 Å². The van der Waals surface area contributed by atoms with Crippen LogP contribution in [0.25, 0.3) is 0 Å². The Morgan fingerprint density at radius 3 is 2.62 bits per heavy atom. The van der Waals surface area contributed by atoms with Crippen LogP contribution in [0.5, 0.6) is 0 Å². The lowest BCUT2D eigenvalue weighted by Gasteiger charge is -2.28. The van der Waals surface area contributed by atoms with Crippen LogP contribution in [-0.2, 0) is 19.4 Å². The van der Waals surface area contributed by atoms with Crippen LogP contribution in [-0.4, -0.2) is 49.7 Å². The average Bonchev–Trinajstić information content (AvgIpc) is 2.16. The highest BCUT2D eigenvalue weighted by molar-refractivity contribution is 7.90. The summed E-state index contributed by atoms with van der Waals surface area (Å²) >= 11 is 0. The van der Waals surface area contributed by atoms with Gasteiger partial charge in [-0.05, 0) is 12.8 Å². The molecule has 1 atom stereocenters. The van der Waals surface area contributed by atoms with E-state index in [2.05, 4.69) is 0 Å². The monoisotopic (exact) mass is 248 g/mol. The van der Waals surface area contributed by atoms with Crippen molar-refractivity contribution in [2.75, 3.05) is 18.6 Å². The second kappa shape index (κ2) is 4.92. The number of likely N-dealkylation sites (tertiary alicyclic amines) is 1. The number of rotatable bonds is 4. The molecule has 1 aliphatic rings. The summed E-state index contributed by atoms with van der Waals surface area (Å²) in [6.07, 6.45) is 2.02.